The van der Waals surface area contributed by atoms with Gasteiger partial charge in [0.05, 0.1) is 0 Å². The number of fused-ring (bicyclic) bond motifs is 1. The highest BCUT2D eigenvalue weighted by Gasteiger charge is 2.39. The third kappa shape index (κ3) is 4.09. The molecule has 0 spiro atoms. The number of hydrogen-bond donors (Lipinski definition) is 2. The number of terminal acetylenes is 1. The highest BCUT2D eigenvalue weighted by atomic mass is 16.2. The molecule has 136 valence electrons. The molecule has 0 aromatic heterocycles. The molecule has 3 rings (SSSR count). The maximum atomic E-state index is 12.4. The van der Waals surface area contributed by atoms with Crippen LogP contribution in [0.2, 0.25) is 0 Å². The van der Waals surface area contributed by atoms with Gasteiger partial charge in [-0.3, -0.25) is 24.5 Å². The molecular weight excluding hydrogens is 334 g/mol. The minimum Gasteiger partial charge on any atom is -0.328 e. The number of unbranched alkanes of at least 4 members (excludes halogenated alkanes) is 1. The molecule has 26 heavy (non-hydrogen) atoms. The van der Waals surface area contributed by atoms with E-state index in [4.69, 9.17) is 6.42 Å². The topological polar surface area (TPSA) is 95.6 Å². The summed E-state index contributed by atoms with van der Waals surface area (Å²) in [5.41, 5.74) is 1.73. The van der Waals surface area contributed by atoms with Crippen LogP contribution < -0.4 is 10.6 Å². The van der Waals surface area contributed by atoms with Crippen LogP contribution in [0.25, 0.3) is 0 Å². The van der Waals surface area contributed by atoms with Gasteiger partial charge in [-0.25, -0.2) is 0 Å². The first kappa shape index (κ1) is 19.2. The largest absolute Gasteiger partial charge is 0.328 e. The molecule has 2 N–H and O–H groups in total. The van der Waals surface area contributed by atoms with Crippen molar-refractivity contribution in [3.05, 3.63) is 29.3 Å². The number of hydrogen-bond acceptors (Lipinski definition) is 4. The highest BCUT2D eigenvalue weighted by molar-refractivity contribution is 6.06. The number of anilines is 1. The Morgan fingerprint density at radius 1 is 1.38 bits per heavy atom. The number of nitrogens with one attached hydrogen (secondary N) is 2. The number of carbonyl (C=O) groups excluding carboxylic acids is 4. The predicted octanol–water partition coefficient (Wildman–Crippen LogP) is 1.44. The minimum absolute atomic E-state index is 0.218. The monoisotopic (exact) mass is 355 g/mol. The van der Waals surface area contributed by atoms with E-state index in [0.717, 1.165) is 12.8 Å². The molecule has 1 aromatic carbocycles. The van der Waals surface area contributed by atoms with Gasteiger partial charge >= 0.3 is 0 Å². The Morgan fingerprint density at radius 3 is 2.73 bits per heavy atom. The van der Waals surface area contributed by atoms with Crippen LogP contribution in [0, 0.1) is 12.3 Å². The van der Waals surface area contributed by atoms with Crippen molar-refractivity contribution < 1.29 is 19.2 Å². The quantitative estimate of drug-likeness (QED) is 0.485. The minimum atomic E-state index is -0.647. The summed E-state index contributed by atoms with van der Waals surface area (Å²) in [5, 5.41) is 4.81. The molecule has 7 heteroatoms. The van der Waals surface area contributed by atoms with Gasteiger partial charge in [-0.05, 0) is 25.0 Å². The fourth-order valence-corrected chi connectivity index (χ4v) is 2.93. The SMILES string of the molecule is C#CCCC.O=CNc1cccc2c1CN(C1CCC(=O)NC1=O)C2=O. The van der Waals surface area contributed by atoms with Gasteiger partial charge in [0.1, 0.15) is 6.04 Å². The smallest absolute Gasteiger partial charge is 0.255 e. The van der Waals surface area contributed by atoms with E-state index in [2.05, 4.69) is 23.5 Å². The number of carbonyl (C=O) groups is 4. The average molecular weight is 355 g/mol. The zero-order valence-corrected chi connectivity index (χ0v) is 14.6. The normalized spacial score (nSPS) is 18.2. The maximum Gasteiger partial charge on any atom is 0.255 e. The summed E-state index contributed by atoms with van der Waals surface area (Å²) in [5.74, 6) is 1.50. The molecule has 1 atom stereocenters. The van der Waals surface area contributed by atoms with Gasteiger partial charge in [-0.1, -0.05) is 13.0 Å². The third-order valence-electron chi connectivity index (χ3n) is 4.19. The summed E-state index contributed by atoms with van der Waals surface area (Å²) in [4.78, 5) is 47.6. The number of piperidine rings is 1. The van der Waals surface area contributed by atoms with Crippen LogP contribution in [0.4, 0.5) is 5.69 Å². The Kier molecular flexibility index (Phi) is 6.50. The van der Waals surface area contributed by atoms with E-state index in [-0.39, 0.29) is 24.8 Å². The Bertz CT molecular complexity index is 767. The van der Waals surface area contributed by atoms with Gasteiger partial charge in [0.15, 0.2) is 0 Å². The lowest BCUT2D eigenvalue weighted by Crippen LogP contribution is -2.52. The highest BCUT2D eigenvalue weighted by Crippen LogP contribution is 2.31. The van der Waals surface area contributed by atoms with Gasteiger partial charge in [0, 0.05) is 36.2 Å². The summed E-state index contributed by atoms with van der Waals surface area (Å²) in [7, 11) is 0. The molecule has 2 heterocycles. The number of nitrogens with zero attached hydrogens (tertiary/aromatic N) is 1. The van der Waals surface area contributed by atoms with Crippen LogP contribution in [0.1, 0.15) is 48.5 Å². The molecule has 0 saturated carbocycles. The third-order valence-corrected chi connectivity index (χ3v) is 4.19. The molecule has 0 radical (unpaired) electrons. The lowest BCUT2D eigenvalue weighted by atomic mass is 10.0. The predicted molar refractivity (Wildman–Crippen MR) is 95.9 cm³/mol. The van der Waals surface area contributed by atoms with E-state index >= 15 is 0 Å². The second-order valence-electron chi connectivity index (χ2n) is 5.95. The van der Waals surface area contributed by atoms with E-state index in [1.807, 2.05) is 0 Å². The molecule has 2 aliphatic rings. The van der Waals surface area contributed by atoms with Crippen LogP contribution in [-0.4, -0.2) is 35.1 Å². The van der Waals surface area contributed by atoms with Crippen molar-refractivity contribution in [1.29, 1.82) is 0 Å². The Morgan fingerprint density at radius 2 is 2.15 bits per heavy atom. The second kappa shape index (κ2) is 8.81. The van der Waals surface area contributed by atoms with E-state index < -0.39 is 11.9 Å². The van der Waals surface area contributed by atoms with Crippen molar-refractivity contribution in [1.82, 2.24) is 10.2 Å². The molecule has 1 aromatic rings. The van der Waals surface area contributed by atoms with Gasteiger partial charge in [0.2, 0.25) is 18.2 Å². The Labute approximate surface area is 152 Å². The summed E-state index contributed by atoms with van der Waals surface area (Å²) in [6.45, 7) is 2.32. The number of amides is 4. The summed E-state index contributed by atoms with van der Waals surface area (Å²) < 4.78 is 0. The first-order valence-corrected chi connectivity index (χ1v) is 8.43. The number of imide groups is 1. The van der Waals surface area contributed by atoms with Crippen LogP contribution >= 0.6 is 0 Å². The van der Waals surface area contributed by atoms with E-state index in [0.29, 0.717) is 29.6 Å². The van der Waals surface area contributed by atoms with E-state index in [1.54, 1.807) is 18.2 Å². The molecule has 2 aliphatic heterocycles. The molecule has 0 aliphatic carbocycles. The van der Waals surface area contributed by atoms with Crippen molar-refractivity contribution in [3.63, 3.8) is 0 Å². The zero-order chi connectivity index (χ0) is 19.1. The van der Waals surface area contributed by atoms with E-state index in [1.165, 1.54) is 4.90 Å². The summed E-state index contributed by atoms with van der Waals surface area (Å²) in [6.07, 6.45) is 8.00. The number of rotatable bonds is 4. The van der Waals surface area contributed by atoms with Crippen molar-refractivity contribution in [3.8, 4) is 12.3 Å². The molecule has 4 amide bonds. The van der Waals surface area contributed by atoms with Crippen molar-refractivity contribution >= 4 is 29.8 Å². The maximum absolute atomic E-state index is 12.4. The van der Waals surface area contributed by atoms with Crippen molar-refractivity contribution in [2.24, 2.45) is 0 Å². The molecular formula is C19H21N3O4. The van der Waals surface area contributed by atoms with Gasteiger partial charge < -0.3 is 10.2 Å². The average Bonchev–Trinajstić information content (AvgIpc) is 2.95. The van der Waals surface area contributed by atoms with Gasteiger partial charge in [-0.15, -0.1) is 12.3 Å². The van der Waals surface area contributed by atoms with Crippen molar-refractivity contribution in [2.75, 3.05) is 5.32 Å². The summed E-state index contributed by atoms with van der Waals surface area (Å²) >= 11 is 0. The van der Waals surface area contributed by atoms with Crippen LogP contribution in [-0.2, 0) is 20.9 Å². The first-order valence-electron chi connectivity index (χ1n) is 8.43. The van der Waals surface area contributed by atoms with Crippen LogP contribution in [0.5, 0.6) is 0 Å². The fourth-order valence-electron chi connectivity index (χ4n) is 2.93. The molecule has 1 unspecified atom stereocenters. The van der Waals surface area contributed by atoms with Gasteiger partial charge in [0.25, 0.3) is 5.91 Å². The van der Waals surface area contributed by atoms with Gasteiger partial charge in [-0.2, -0.15) is 0 Å². The number of benzene rings is 1. The molecule has 0 bridgehead atoms. The van der Waals surface area contributed by atoms with Crippen LogP contribution in [0.3, 0.4) is 0 Å². The Balaban J connectivity index is 0.000000431. The molecule has 1 fully saturated rings. The lowest BCUT2D eigenvalue weighted by molar-refractivity contribution is -0.136. The van der Waals surface area contributed by atoms with E-state index in [9.17, 15) is 19.2 Å². The van der Waals surface area contributed by atoms with Crippen molar-refractivity contribution in [2.45, 2.75) is 45.2 Å². The Hall–Kier alpha value is -3.14. The molecule has 1 saturated heterocycles. The zero-order valence-electron chi connectivity index (χ0n) is 14.6. The fraction of sp³-hybridized carbons (Fsp3) is 0.368. The lowest BCUT2D eigenvalue weighted by Gasteiger charge is -2.29. The summed E-state index contributed by atoms with van der Waals surface area (Å²) in [6, 6.07) is 4.40. The van der Waals surface area contributed by atoms with Crippen LogP contribution in [0.15, 0.2) is 18.2 Å². The standard InChI is InChI=1S/C14H13N3O4.C5H8/c18-7-15-10-3-1-2-8-9(10)6-17(14(8)21)11-4-5-12(19)16-13(11)20;1-3-5-4-2/h1-3,7,11H,4-6H2,(H,15,18)(H,16,19,20);1H,4-5H2,2H3. The first-order chi connectivity index (χ1) is 12.5. The molecule has 7 nitrogen and oxygen atoms in total. The second-order valence-corrected chi connectivity index (χ2v) is 5.95.